The zero-order valence-corrected chi connectivity index (χ0v) is 17.3. The average molecular weight is 363 g/mol. The van der Waals surface area contributed by atoms with Gasteiger partial charge in [-0.1, -0.05) is 51.9 Å². The lowest BCUT2D eigenvalue weighted by Crippen LogP contribution is -2.61. The zero-order chi connectivity index (χ0) is 19.0. The van der Waals surface area contributed by atoms with Gasteiger partial charge in [0.15, 0.2) is 0 Å². The highest BCUT2D eigenvalue weighted by molar-refractivity contribution is 4.81. The van der Waals surface area contributed by atoms with Crippen LogP contribution >= 0.6 is 0 Å². The Bertz CT molecular complexity index is 284. The molecular weight excluding hydrogens is 320 g/mol. The van der Waals surface area contributed by atoms with Crippen molar-refractivity contribution in [3.05, 3.63) is 0 Å². The molecule has 0 aliphatic rings. The van der Waals surface area contributed by atoms with Gasteiger partial charge in [-0.25, -0.2) is 0 Å². The Labute approximate surface area is 155 Å². The van der Waals surface area contributed by atoms with Gasteiger partial charge in [-0.2, -0.15) is 0 Å². The lowest BCUT2D eigenvalue weighted by atomic mass is 10.0. The van der Waals surface area contributed by atoms with Gasteiger partial charge in [-0.3, -0.25) is 0 Å². The van der Waals surface area contributed by atoms with Crippen molar-refractivity contribution in [1.29, 1.82) is 0 Å². The van der Waals surface area contributed by atoms with Gasteiger partial charge in [0.1, 0.15) is 0 Å². The van der Waals surface area contributed by atoms with Crippen LogP contribution in [-0.4, -0.2) is 43.3 Å². The average Bonchev–Trinajstić information content (AvgIpc) is 2.58. The van der Waals surface area contributed by atoms with Crippen LogP contribution in [0.2, 0.25) is 0 Å². The molecule has 0 radical (unpaired) electrons. The van der Waals surface area contributed by atoms with Crippen molar-refractivity contribution in [2.75, 3.05) is 26.4 Å². The first-order valence-electron chi connectivity index (χ1n) is 10.3. The smallest absolute Gasteiger partial charge is 0.338 e. The van der Waals surface area contributed by atoms with Crippen molar-refractivity contribution in [2.24, 2.45) is 0 Å². The molecule has 0 fully saturated rings. The number of hydrogen-bond donors (Lipinski definition) is 1. The molecule has 0 rings (SSSR count). The minimum absolute atomic E-state index is 0.315. The summed E-state index contributed by atoms with van der Waals surface area (Å²) in [6, 6.07) is 0. The van der Waals surface area contributed by atoms with E-state index in [4.69, 9.17) is 18.9 Å². The van der Waals surface area contributed by atoms with Crippen molar-refractivity contribution < 1.29 is 24.1 Å². The van der Waals surface area contributed by atoms with E-state index in [2.05, 4.69) is 6.92 Å². The molecule has 0 aromatic rings. The van der Waals surface area contributed by atoms with E-state index in [9.17, 15) is 5.11 Å². The first-order valence-corrected chi connectivity index (χ1v) is 10.3. The normalized spacial score (nSPS) is 12.7. The summed E-state index contributed by atoms with van der Waals surface area (Å²) in [6.45, 7) is 11.1. The van der Waals surface area contributed by atoms with E-state index < -0.39 is 11.8 Å². The summed E-state index contributed by atoms with van der Waals surface area (Å²) in [4.78, 5) is 0. The van der Waals surface area contributed by atoms with E-state index in [-0.39, 0.29) is 0 Å². The summed E-state index contributed by atoms with van der Waals surface area (Å²) in [5, 5.41) is 11.0. The Morgan fingerprint density at radius 1 is 0.560 bits per heavy atom. The summed E-state index contributed by atoms with van der Waals surface area (Å²) in [5.41, 5.74) is 0. The molecule has 25 heavy (non-hydrogen) atoms. The first-order chi connectivity index (χ1) is 12.1. The van der Waals surface area contributed by atoms with Crippen LogP contribution in [0.5, 0.6) is 0 Å². The highest BCUT2D eigenvalue weighted by Crippen LogP contribution is 2.36. The highest BCUT2D eigenvalue weighted by atomic mass is 16.9. The largest absolute Gasteiger partial charge is 0.344 e. The third kappa shape index (κ3) is 8.83. The Morgan fingerprint density at radius 3 is 1.36 bits per heavy atom. The number of ether oxygens (including phenoxy) is 4. The standard InChI is InChI=1S/C20H42O5/c1-6-11-12-13-14-15-16-17-18-19(22-7-2,23-8-3)20(21,24-9-4)25-10-5/h21H,6-18H2,1-5H3. The topological polar surface area (TPSA) is 57.2 Å². The van der Waals surface area contributed by atoms with Gasteiger partial charge in [0.2, 0.25) is 0 Å². The van der Waals surface area contributed by atoms with Gasteiger partial charge in [-0.05, 0) is 34.1 Å². The molecule has 0 aromatic carbocycles. The molecule has 0 atom stereocenters. The molecule has 0 saturated carbocycles. The molecule has 0 heterocycles. The molecule has 0 spiro atoms. The minimum atomic E-state index is -1.89. The zero-order valence-electron chi connectivity index (χ0n) is 17.3. The van der Waals surface area contributed by atoms with E-state index in [0.29, 0.717) is 32.8 Å². The van der Waals surface area contributed by atoms with E-state index in [1.165, 1.54) is 38.5 Å². The molecule has 0 saturated heterocycles. The van der Waals surface area contributed by atoms with Crippen molar-refractivity contribution in [2.45, 2.75) is 104 Å². The third-order valence-electron chi connectivity index (χ3n) is 4.28. The van der Waals surface area contributed by atoms with Crippen molar-refractivity contribution in [3.8, 4) is 0 Å². The summed E-state index contributed by atoms with van der Waals surface area (Å²) in [6.07, 6.45) is 10.2. The number of hydrogen-bond acceptors (Lipinski definition) is 5. The van der Waals surface area contributed by atoms with Gasteiger partial charge in [-0.15, -0.1) is 0 Å². The van der Waals surface area contributed by atoms with Gasteiger partial charge < -0.3 is 24.1 Å². The molecule has 0 amide bonds. The van der Waals surface area contributed by atoms with Gasteiger partial charge in [0.05, 0.1) is 0 Å². The maximum Gasteiger partial charge on any atom is 0.338 e. The van der Waals surface area contributed by atoms with Crippen molar-refractivity contribution in [1.82, 2.24) is 0 Å². The molecule has 0 aromatic heterocycles. The Kier molecular flexibility index (Phi) is 14.8. The van der Waals surface area contributed by atoms with Crippen LogP contribution < -0.4 is 0 Å². The van der Waals surface area contributed by atoms with Gasteiger partial charge in [0, 0.05) is 32.8 Å². The molecule has 5 nitrogen and oxygen atoms in total. The SMILES string of the molecule is CCCCCCCCCCC(OCC)(OCC)C(O)(OCC)OCC. The monoisotopic (exact) mass is 362 g/mol. The lowest BCUT2D eigenvalue weighted by molar-refractivity contribution is -0.486. The third-order valence-corrected chi connectivity index (χ3v) is 4.28. The van der Waals surface area contributed by atoms with Crippen molar-refractivity contribution >= 4 is 0 Å². The second kappa shape index (κ2) is 14.9. The first kappa shape index (κ1) is 24.8. The summed E-state index contributed by atoms with van der Waals surface area (Å²) >= 11 is 0. The molecule has 152 valence electrons. The van der Waals surface area contributed by atoms with Crippen LogP contribution in [0.3, 0.4) is 0 Å². The summed E-state index contributed by atoms with van der Waals surface area (Å²) < 4.78 is 22.8. The highest BCUT2D eigenvalue weighted by Gasteiger charge is 2.55. The Morgan fingerprint density at radius 2 is 0.960 bits per heavy atom. The molecule has 1 N–H and O–H groups in total. The van der Waals surface area contributed by atoms with Crippen molar-refractivity contribution in [3.63, 3.8) is 0 Å². The summed E-state index contributed by atoms with van der Waals surface area (Å²) in [7, 11) is 0. The van der Waals surface area contributed by atoms with E-state index >= 15 is 0 Å². The predicted molar refractivity (Wildman–Crippen MR) is 101 cm³/mol. The summed E-state index contributed by atoms with van der Waals surface area (Å²) in [5.74, 6) is -3.17. The molecule has 0 aliphatic carbocycles. The van der Waals surface area contributed by atoms with Crippen LogP contribution in [-0.2, 0) is 18.9 Å². The van der Waals surface area contributed by atoms with Crippen LogP contribution in [0.15, 0.2) is 0 Å². The fourth-order valence-corrected chi connectivity index (χ4v) is 3.14. The second-order valence-corrected chi connectivity index (χ2v) is 6.29. The van der Waals surface area contributed by atoms with Gasteiger partial charge in [0.25, 0.3) is 5.79 Å². The molecule has 0 aliphatic heterocycles. The fourth-order valence-electron chi connectivity index (χ4n) is 3.14. The Hall–Kier alpha value is -0.200. The van der Waals surface area contributed by atoms with E-state index in [1.54, 1.807) is 0 Å². The quantitative estimate of drug-likeness (QED) is 0.274. The molecular formula is C20H42O5. The molecule has 0 bridgehead atoms. The Balaban J connectivity index is 4.73. The number of rotatable bonds is 18. The predicted octanol–water partition coefficient (Wildman–Crippen LogP) is 5.01. The molecule has 5 heteroatoms. The van der Waals surface area contributed by atoms with Gasteiger partial charge >= 0.3 is 5.97 Å². The minimum Gasteiger partial charge on any atom is -0.344 e. The number of aliphatic hydroxyl groups is 1. The molecule has 0 unspecified atom stereocenters. The fraction of sp³-hybridized carbons (Fsp3) is 1.00. The lowest BCUT2D eigenvalue weighted by Gasteiger charge is -2.44. The maximum atomic E-state index is 11.0. The maximum absolute atomic E-state index is 11.0. The van der Waals surface area contributed by atoms with E-state index in [0.717, 1.165) is 12.8 Å². The van der Waals surface area contributed by atoms with Crippen LogP contribution in [0.1, 0.15) is 92.4 Å². The van der Waals surface area contributed by atoms with Crippen LogP contribution in [0, 0.1) is 0 Å². The number of unbranched alkanes of at least 4 members (excludes halogenated alkanes) is 7. The van der Waals surface area contributed by atoms with E-state index in [1.807, 2.05) is 27.7 Å². The second-order valence-electron chi connectivity index (χ2n) is 6.29. The van der Waals surface area contributed by atoms with Crippen LogP contribution in [0.25, 0.3) is 0 Å². The van der Waals surface area contributed by atoms with Crippen LogP contribution in [0.4, 0.5) is 0 Å².